The maximum atomic E-state index is 2.23. The van der Waals surface area contributed by atoms with Crippen LogP contribution in [0.3, 0.4) is 0 Å². The van der Waals surface area contributed by atoms with Gasteiger partial charge in [0, 0.05) is 18.4 Å². The molecule has 0 spiro atoms. The number of rotatable bonds is 2. The highest BCUT2D eigenvalue weighted by atomic mass is 15.1. The van der Waals surface area contributed by atoms with E-state index in [-0.39, 0.29) is 0 Å². The molecule has 0 radical (unpaired) electrons. The Balaban J connectivity index is 2.29. The molecule has 72 valence electrons. The van der Waals surface area contributed by atoms with Crippen LogP contribution in [0, 0.1) is 0 Å². The second-order valence-corrected chi connectivity index (χ2v) is 3.67. The average molecular weight is 185 g/mol. The van der Waals surface area contributed by atoms with Crippen molar-refractivity contribution < 1.29 is 0 Å². The number of allylic oxidation sites excluding steroid dienone is 3. The van der Waals surface area contributed by atoms with Gasteiger partial charge >= 0.3 is 0 Å². The summed E-state index contributed by atoms with van der Waals surface area (Å²) in [6, 6.07) is 10.4. The van der Waals surface area contributed by atoms with Crippen molar-refractivity contribution in [2.45, 2.75) is 13.3 Å². The normalized spacial score (nSPS) is 15.0. The highest BCUT2D eigenvalue weighted by molar-refractivity contribution is 5.56. The summed E-state index contributed by atoms with van der Waals surface area (Å²) in [4.78, 5) is 2.23. The Morgan fingerprint density at radius 1 is 1.14 bits per heavy atom. The second-order valence-electron chi connectivity index (χ2n) is 3.67. The van der Waals surface area contributed by atoms with E-state index in [2.05, 4.69) is 55.3 Å². The minimum absolute atomic E-state index is 1.09. The Morgan fingerprint density at radius 2 is 1.86 bits per heavy atom. The summed E-state index contributed by atoms with van der Waals surface area (Å²) in [5.41, 5.74) is 4.01. The molecule has 1 aliphatic rings. The zero-order valence-corrected chi connectivity index (χ0v) is 8.70. The van der Waals surface area contributed by atoms with Gasteiger partial charge in [-0.1, -0.05) is 24.3 Å². The molecule has 0 amide bonds. The van der Waals surface area contributed by atoms with Gasteiger partial charge in [0.1, 0.15) is 0 Å². The summed E-state index contributed by atoms with van der Waals surface area (Å²) < 4.78 is 0. The van der Waals surface area contributed by atoms with Crippen LogP contribution in [0.1, 0.15) is 13.3 Å². The molecule has 0 aromatic heterocycles. The SMILES string of the molecule is CC1=C(N(C)c2ccccc2)C=CC1. The van der Waals surface area contributed by atoms with Gasteiger partial charge in [-0.05, 0) is 37.1 Å². The lowest BCUT2D eigenvalue weighted by molar-refractivity contribution is 1.09. The molecule has 1 aromatic carbocycles. The van der Waals surface area contributed by atoms with Crippen LogP contribution in [-0.2, 0) is 0 Å². The first kappa shape index (κ1) is 9.07. The van der Waals surface area contributed by atoms with Gasteiger partial charge in [0.15, 0.2) is 0 Å². The monoisotopic (exact) mass is 185 g/mol. The van der Waals surface area contributed by atoms with Gasteiger partial charge in [0.05, 0.1) is 0 Å². The smallest absolute Gasteiger partial charge is 0.0408 e. The summed E-state index contributed by atoms with van der Waals surface area (Å²) in [5.74, 6) is 0. The maximum absolute atomic E-state index is 2.23. The van der Waals surface area contributed by atoms with Crippen LogP contribution in [-0.4, -0.2) is 7.05 Å². The molecule has 0 atom stereocenters. The van der Waals surface area contributed by atoms with E-state index in [1.165, 1.54) is 17.0 Å². The number of anilines is 1. The van der Waals surface area contributed by atoms with Crippen LogP contribution < -0.4 is 4.90 Å². The van der Waals surface area contributed by atoms with Gasteiger partial charge in [-0.25, -0.2) is 0 Å². The number of likely N-dealkylation sites (N-methyl/N-ethyl adjacent to an activating group) is 1. The molecule has 1 aromatic rings. The van der Waals surface area contributed by atoms with E-state index in [9.17, 15) is 0 Å². The number of hydrogen-bond donors (Lipinski definition) is 0. The summed E-state index contributed by atoms with van der Waals surface area (Å²) >= 11 is 0. The molecule has 0 N–H and O–H groups in total. The van der Waals surface area contributed by atoms with Crippen LogP contribution in [0.4, 0.5) is 5.69 Å². The first-order valence-electron chi connectivity index (χ1n) is 4.94. The highest BCUT2D eigenvalue weighted by Gasteiger charge is 2.10. The lowest BCUT2D eigenvalue weighted by Gasteiger charge is -2.20. The van der Waals surface area contributed by atoms with Gasteiger partial charge < -0.3 is 4.90 Å². The fraction of sp³-hybridized carbons (Fsp3) is 0.231. The van der Waals surface area contributed by atoms with E-state index >= 15 is 0 Å². The Bertz CT molecular complexity index is 373. The Labute approximate surface area is 85.4 Å². The van der Waals surface area contributed by atoms with Crippen LogP contribution in [0.2, 0.25) is 0 Å². The van der Waals surface area contributed by atoms with E-state index in [1.807, 2.05) is 6.07 Å². The van der Waals surface area contributed by atoms with Crippen LogP contribution in [0.25, 0.3) is 0 Å². The van der Waals surface area contributed by atoms with E-state index in [4.69, 9.17) is 0 Å². The molecule has 1 nitrogen and oxygen atoms in total. The molecule has 0 heterocycles. The van der Waals surface area contributed by atoms with Crippen molar-refractivity contribution in [3.8, 4) is 0 Å². The summed E-state index contributed by atoms with van der Waals surface area (Å²) in [7, 11) is 2.11. The minimum atomic E-state index is 1.09. The predicted molar refractivity (Wildman–Crippen MR) is 61.3 cm³/mol. The molecular formula is C13H15N. The fourth-order valence-corrected chi connectivity index (χ4v) is 1.78. The third kappa shape index (κ3) is 1.58. The molecule has 1 heteroatoms. The molecule has 0 saturated heterocycles. The molecule has 0 saturated carbocycles. The highest BCUT2D eigenvalue weighted by Crippen LogP contribution is 2.25. The van der Waals surface area contributed by atoms with E-state index < -0.39 is 0 Å². The number of benzene rings is 1. The number of hydrogen-bond acceptors (Lipinski definition) is 1. The first-order valence-corrected chi connectivity index (χ1v) is 4.94. The largest absolute Gasteiger partial charge is 0.345 e. The molecule has 0 bridgehead atoms. The Hall–Kier alpha value is -1.50. The summed E-state index contributed by atoms with van der Waals surface area (Å²) in [5, 5.41) is 0. The topological polar surface area (TPSA) is 3.24 Å². The number of para-hydroxylation sites is 1. The van der Waals surface area contributed by atoms with Crippen molar-refractivity contribution in [1.29, 1.82) is 0 Å². The van der Waals surface area contributed by atoms with E-state index in [0.29, 0.717) is 0 Å². The van der Waals surface area contributed by atoms with Crippen molar-refractivity contribution in [2.24, 2.45) is 0 Å². The fourth-order valence-electron chi connectivity index (χ4n) is 1.78. The van der Waals surface area contributed by atoms with Crippen LogP contribution >= 0.6 is 0 Å². The second kappa shape index (κ2) is 3.70. The van der Waals surface area contributed by atoms with E-state index in [0.717, 1.165) is 6.42 Å². The van der Waals surface area contributed by atoms with Crippen LogP contribution in [0.5, 0.6) is 0 Å². The van der Waals surface area contributed by atoms with Crippen molar-refractivity contribution >= 4 is 5.69 Å². The quantitative estimate of drug-likeness (QED) is 0.683. The minimum Gasteiger partial charge on any atom is -0.345 e. The van der Waals surface area contributed by atoms with Gasteiger partial charge in [-0.15, -0.1) is 0 Å². The van der Waals surface area contributed by atoms with Crippen molar-refractivity contribution in [2.75, 3.05) is 11.9 Å². The molecular weight excluding hydrogens is 170 g/mol. The molecule has 0 unspecified atom stereocenters. The average Bonchev–Trinajstić information content (AvgIpc) is 2.65. The molecule has 2 rings (SSSR count). The van der Waals surface area contributed by atoms with Gasteiger partial charge in [0.25, 0.3) is 0 Å². The van der Waals surface area contributed by atoms with Crippen molar-refractivity contribution in [1.82, 2.24) is 0 Å². The van der Waals surface area contributed by atoms with Crippen molar-refractivity contribution in [3.05, 3.63) is 53.8 Å². The zero-order valence-electron chi connectivity index (χ0n) is 8.70. The lowest BCUT2D eigenvalue weighted by atomic mass is 10.2. The first-order chi connectivity index (χ1) is 6.79. The van der Waals surface area contributed by atoms with Crippen LogP contribution in [0.15, 0.2) is 53.8 Å². The Morgan fingerprint density at radius 3 is 2.43 bits per heavy atom. The van der Waals surface area contributed by atoms with E-state index in [1.54, 1.807) is 0 Å². The summed E-state index contributed by atoms with van der Waals surface area (Å²) in [6.07, 6.45) is 5.50. The lowest BCUT2D eigenvalue weighted by Crippen LogP contribution is -2.14. The van der Waals surface area contributed by atoms with Crippen molar-refractivity contribution in [3.63, 3.8) is 0 Å². The van der Waals surface area contributed by atoms with Gasteiger partial charge in [-0.3, -0.25) is 0 Å². The number of nitrogens with zero attached hydrogens (tertiary/aromatic N) is 1. The molecule has 0 aliphatic heterocycles. The summed E-state index contributed by atoms with van der Waals surface area (Å²) in [6.45, 7) is 2.19. The third-order valence-electron chi connectivity index (χ3n) is 2.64. The molecule has 1 aliphatic carbocycles. The zero-order chi connectivity index (χ0) is 9.97. The Kier molecular flexibility index (Phi) is 2.40. The van der Waals surface area contributed by atoms with Gasteiger partial charge in [-0.2, -0.15) is 0 Å². The van der Waals surface area contributed by atoms with Gasteiger partial charge in [0.2, 0.25) is 0 Å². The third-order valence-corrected chi connectivity index (χ3v) is 2.64. The predicted octanol–water partition coefficient (Wildman–Crippen LogP) is 3.36. The maximum Gasteiger partial charge on any atom is 0.0408 e. The molecule has 0 fully saturated rings. The molecule has 14 heavy (non-hydrogen) atoms. The standard InChI is InChI=1S/C13H15N/c1-11-7-6-10-13(11)14(2)12-8-4-3-5-9-12/h3-6,8-10H,7H2,1-2H3.